The van der Waals surface area contributed by atoms with Gasteiger partial charge >= 0.3 is 0 Å². The van der Waals surface area contributed by atoms with E-state index in [0.717, 1.165) is 4.88 Å². The van der Waals surface area contributed by atoms with Crippen molar-refractivity contribution in [2.75, 3.05) is 19.5 Å². The van der Waals surface area contributed by atoms with Crippen molar-refractivity contribution in [1.82, 2.24) is 0 Å². The number of hydrogen-bond acceptors (Lipinski definition) is 5. The van der Waals surface area contributed by atoms with Crippen LogP contribution in [0.25, 0.3) is 6.08 Å². The predicted molar refractivity (Wildman–Crippen MR) is 94.8 cm³/mol. The molecule has 0 aliphatic heterocycles. The van der Waals surface area contributed by atoms with E-state index >= 15 is 0 Å². The number of amides is 2. The minimum atomic E-state index is -0.576. The van der Waals surface area contributed by atoms with E-state index in [0.29, 0.717) is 27.6 Å². The molecule has 0 spiro atoms. The smallest absolute Gasteiger partial charge is 0.251 e. The van der Waals surface area contributed by atoms with Gasteiger partial charge in [0.25, 0.3) is 5.91 Å². The first-order valence-corrected chi connectivity index (χ1v) is 7.87. The van der Waals surface area contributed by atoms with E-state index < -0.39 is 5.91 Å². The minimum absolute atomic E-state index is 0.304. The van der Waals surface area contributed by atoms with E-state index in [1.54, 1.807) is 44.6 Å². The lowest BCUT2D eigenvalue weighted by Gasteiger charge is -2.07. The minimum Gasteiger partial charge on any atom is -0.497 e. The van der Waals surface area contributed by atoms with E-state index in [9.17, 15) is 9.59 Å². The van der Waals surface area contributed by atoms with Crippen LogP contribution >= 0.6 is 11.3 Å². The molecule has 2 rings (SSSR count). The second kappa shape index (κ2) is 7.65. The van der Waals surface area contributed by atoms with Crippen molar-refractivity contribution in [3.63, 3.8) is 0 Å². The Balaban J connectivity index is 2.18. The van der Waals surface area contributed by atoms with E-state index in [4.69, 9.17) is 15.2 Å². The second-order valence-corrected chi connectivity index (χ2v) is 6.15. The number of carbonyl (C=O) groups excluding carboxylic acids is 2. The van der Waals surface area contributed by atoms with Gasteiger partial charge in [0.1, 0.15) is 16.5 Å². The van der Waals surface area contributed by atoms with Gasteiger partial charge in [0.2, 0.25) is 5.91 Å². The number of nitrogens with two attached hydrogens (primary N) is 1. The summed E-state index contributed by atoms with van der Waals surface area (Å²) < 4.78 is 10.4. The molecular weight excluding hydrogens is 328 g/mol. The number of primary amides is 1. The number of benzene rings is 1. The van der Waals surface area contributed by atoms with Gasteiger partial charge in [0.05, 0.1) is 19.8 Å². The van der Waals surface area contributed by atoms with Crippen LogP contribution in [0.1, 0.15) is 20.8 Å². The summed E-state index contributed by atoms with van der Waals surface area (Å²) in [6.45, 7) is 1.84. The van der Waals surface area contributed by atoms with Crippen LogP contribution in [-0.4, -0.2) is 26.0 Å². The van der Waals surface area contributed by atoms with Gasteiger partial charge in [-0.05, 0) is 37.3 Å². The van der Waals surface area contributed by atoms with Gasteiger partial charge in [-0.15, -0.1) is 11.3 Å². The molecule has 2 amide bonds. The number of ether oxygens (including phenoxy) is 2. The summed E-state index contributed by atoms with van der Waals surface area (Å²) in [5.41, 5.74) is 6.31. The van der Waals surface area contributed by atoms with E-state index in [1.165, 1.54) is 17.4 Å². The normalized spacial score (nSPS) is 10.6. The average molecular weight is 346 g/mol. The van der Waals surface area contributed by atoms with Gasteiger partial charge in [-0.2, -0.15) is 0 Å². The summed E-state index contributed by atoms with van der Waals surface area (Å²) in [5.74, 6) is 0.322. The van der Waals surface area contributed by atoms with Gasteiger partial charge in [-0.3, -0.25) is 9.59 Å². The highest BCUT2D eigenvalue weighted by molar-refractivity contribution is 7.16. The molecule has 6 nitrogen and oxygen atoms in total. The highest BCUT2D eigenvalue weighted by Crippen LogP contribution is 2.28. The van der Waals surface area contributed by atoms with E-state index in [1.807, 2.05) is 6.92 Å². The first kappa shape index (κ1) is 17.6. The van der Waals surface area contributed by atoms with Gasteiger partial charge < -0.3 is 20.5 Å². The standard InChI is InChI=1S/C17H18N2O4S/c1-10-8-13(16(18)21)17(24-10)19-15(20)7-4-11-9-12(22-2)5-6-14(11)23-3/h4-9H,1-3H3,(H2,18,21)(H,19,20)/b7-4+. The van der Waals surface area contributed by atoms with Crippen LogP contribution in [0.15, 0.2) is 30.3 Å². The SMILES string of the molecule is COc1ccc(OC)c(/C=C/C(=O)Nc2sc(C)cc2C(N)=O)c1. The van der Waals surface area contributed by atoms with Crippen molar-refractivity contribution in [2.45, 2.75) is 6.92 Å². The average Bonchev–Trinajstić information content (AvgIpc) is 2.93. The Morgan fingerprint density at radius 2 is 1.96 bits per heavy atom. The third-order valence-electron chi connectivity index (χ3n) is 3.21. The Hall–Kier alpha value is -2.80. The zero-order chi connectivity index (χ0) is 17.7. The van der Waals surface area contributed by atoms with Crippen LogP contribution < -0.4 is 20.5 Å². The summed E-state index contributed by atoms with van der Waals surface area (Å²) in [7, 11) is 3.11. The number of nitrogens with one attached hydrogen (secondary N) is 1. The summed E-state index contributed by atoms with van der Waals surface area (Å²) in [6, 6.07) is 6.93. The third kappa shape index (κ3) is 4.14. The quantitative estimate of drug-likeness (QED) is 0.787. The van der Waals surface area contributed by atoms with Crippen molar-refractivity contribution in [3.05, 3.63) is 46.3 Å². The zero-order valence-corrected chi connectivity index (χ0v) is 14.4. The Labute approximate surface area is 143 Å². The number of hydrogen-bond donors (Lipinski definition) is 2. The Morgan fingerprint density at radius 3 is 2.58 bits per heavy atom. The van der Waals surface area contributed by atoms with Crippen LogP contribution in [0.2, 0.25) is 0 Å². The maximum Gasteiger partial charge on any atom is 0.251 e. The fourth-order valence-corrected chi connectivity index (χ4v) is 3.00. The Morgan fingerprint density at radius 1 is 1.21 bits per heavy atom. The topological polar surface area (TPSA) is 90.7 Å². The van der Waals surface area contributed by atoms with Crippen LogP contribution in [0.3, 0.4) is 0 Å². The van der Waals surface area contributed by atoms with Crippen molar-refractivity contribution >= 4 is 34.2 Å². The lowest BCUT2D eigenvalue weighted by Crippen LogP contribution is -2.14. The van der Waals surface area contributed by atoms with E-state index in [-0.39, 0.29) is 5.91 Å². The van der Waals surface area contributed by atoms with Gasteiger partial charge in [-0.25, -0.2) is 0 Å². The fourth-order valence-electron chi connectivity index (χ4n) is 2.08. The fraction of sp³-hybridized carbons (Fsp3) is 0.176. The number of aryl methyl sites for hydroxylation is 1. The second-order valence-electron chi connectivity index (χ2n) is 4.89. The number of anilines is 1. The molecule has 0 atom stereocenters. The molecule has 0 aliphatic rings. The van der Waals surface area contributed by atoms with Crippen LogP contribution in [0.5, 0.6) is 11.5 Å². The number of carbonyl (C=O) groups is 2. The molecule has 0 saturated carbocycles. The molecule has 0 fully saturated rings. The molecule has 1 aromatic heterocycles. The Bertz CT molecular complexity index is 796. The number of thiophene rings is 1. The van der Waals surface area contributed by atoms with Crippen molar-refractivity contribution < 1.29 is 19.1 Å². The summed E-state index contributed by atoms with van der Waals surface area (Å²) in [6.07, 6.45) is 2.97. The molecule has 126 valence electrons. The number of rotatable bonds is 6. The summed E-state index contributed by atoms with van der Waals surface area (Å²) >= 11 is 1.30. The molecule has 3 N–H and O–H groups in total. The molecule has 0 unspecified atom stereocenters. The molecule has 24 heavy (non-hydrogen) atoms. The molecule has 0 aliphatic carbocycles. The molecule has 2 aromatic rings. The largest absolute Gasteiger partial charge is 0.497 e. The highest BCUT2D eigenvalue weighted by Gasteiger charge is 2.13. The molecule has 0 saturated heterocycles. The molecule has 1 aromatic carbocycles. The highest BCUT2D eigenvalue weighted by atomic mass is 32.1. The molecule has 0 radical (unpaired) electrons. The van der Waals surface area contributed by atoms with Crippen molar-refractivity contribution in [1.29, 1.82) is 0 Å². The van der Waals surface area contributed by atoms with Crippen molar-refractivity contribution in [3.8, 4) is 11.5 Å². The molecule has 1 heterocycles. The Kier molecular flexibility index (Phi) is 5.59. The summed E-state index contributed by atoms with van der Waals surface area (Å²) in [5, 5.41) is 3.11. The van der Waals surface area contributed by atoms with Gasteiger partial charge in [0, 0.05) is 16.5 Å². The van der Waals surface area contributed by atoms with Crippen LogP contribution in [0, 0.1) is 6.92 Å². The van der Waals surface area contributed by atoms with Crippen LogP contribution in [-0.2, 0) is 4.79 Å². The third-order valence-corrected chi connectivity index (χ3v) is 4.17. The van der Waals surface area contributed by atoms with E-state index in [2.05, 4.69) is 5.32 Å². The lowest BCUT2D eigenvalue weighted by atomic mass is 10.1. The zero-order valence-electron chi connectivity index (χ0n) is 13.6. The first-order chi connectivity index (χ1) is 11.4. The maximum absolute atomic E-state index is 12.1. The number of methoxy groups -OCH3 is 2. The van der Waals surface area contributed by atoms with Crippen molar-refractivity contribution in [2.24, 2.45) is 5.73 Å². The predicted octanol–water partition coefficient (Wildman–Crippen LogP) is 2.82. The van der Waals surface area contributed by atoms with Crippen LogP contribution in [0.4, 0.5) is 5.00 Å². The molecule has 0 bridgehead atoms. The summed E-state index contributed by atoms with van der Waals surface area (Å²) in [4.78, 5) is 24.4. The molecule has 7 heteroatoms. The first-order valence-electron chi connectivity index (χ1n) is 7.06. The van der Waals surface area contributed by atoms with Gasteiger partial charge in [-0.1, -0.05) is 0 Å². The molecular formula is C17H18N2O4S. The maximum atomic E-state index is 12.1. The van der Waals surface area contributed by atoms with Gasteiger partial charge in [0.15, 0.2) is 0 Å². The monoisotopic (exact) mass is 346 g/mol. The lowest BCUT2D eigenvalue weighted by molar-refractivity contribution is -0.111.